The molecule has 2 N–H and O–H groups in total. The first-order chi connectivity index (χ1) is 19.5. The molecule has 1 saturated carbocycles. The Morgan fingerprint density at radius 3 is 2.65 bits per heavy atom. The molecule has 5 heterocycles. The molecule has 9 nitrogen and oxygen atoms in total. The fourth-order valence-electron chi connectivity index (χ4n) is 5.11. The quantitative estimate of drug-likeness (QED) is 0.238. The number of pyridine rings is 2. The van der Waals surface area contributed by atoms with Crippen LogP contribution in [0.15, 0.2) is 61.2 Å². The summed E-state index contributed by atoms with van der Waals surface area (Å²) in [5, 5.41) is 11.7. The van der Waals surface area contributed by atoms with Crippen molar-refractivity contribution in [2.75, 3.05) is 5.32 Å². The van der Waals surface area contributed by atoms with E-state index < -0.39 is 0 Å². The number of carbonyl (C=O) groups is 2. The number of fused-ring (bicyclic) bond motifs is 2. The van der Waals surface area contributed by atoms with Crippen LogP contribution in [-0.2, 0) is 11.8 Å². The van der Waals surface area contributed by atoms with Gasteiger partial charge in [-0.1, -0.05) is 12.5 Å². The number of nitrogens with zero attached hydrogens (tertiary/aromatic N) is 5. The molecule has 0 atom stereocenters. The molecule has 0 radical (unpaired) electrons. The number of aryl methyl sites for hydroxylation is 1. The maximum Gasteiger partial charge on any atom is 0.227 e. The summed E-state index contributed by atoms with van der Waals surface area (Å²) in [5.41, 5.74) is 6.71. The number of benzene rings is 1. The van der Waals surface area contributed by atoms with Gasteiger partial charge in [-0.05, 0) is 55.7 Å². The van der Waals surface area contributed by atoms with Crippen LogP contribution in [0, 0.1) is 5.92 Å². The van der Waals surface area contributed by atoms with E-state index in [1.807, 2.05) is 41.9 Å². The van der Waals surface area contributed by atoms with Crippen LogP contribution in [-0.4, -0.2) is 41.4 Å². The summed E-state index contributed by atoms with van der Waals surface area (Å²) in [5.74, 6) is 0.913. The van der Waals surface area contributed by atoms with Gasteiger partial charge in [-0.3, -0.25) is 24.7 Å². The molecular formula is C30H25N7O2S. The minimum Gasteiger partial charge on any atom is -0.324 e. The molecule has 1 fully saturated rings. The lowest BCUT2D eigenvalue weighted by molar-refractivity contribution is -0.122. The summed E-state index contributed by atoms with van der Waals surface area (Å²) < 4.78 is 1.99. The third kappa shape index (κ3) is 4.08. The largest absolute Gasteiger partial charge is 0.324 e. The van der Waals surface area contributed by atoms with E-state index in [1.54, 1.807) is 31.7 Å². The van der Waals surface area contributed by atoms with Crippen molar-refractivity contribution in [3.8, 4) is 33.1 Å². The number of imidazole rings is 1. The first kappa shape index (κ1) is 24.3. The third-order valence-corrected chi connectivity index (χ3v) is 8.82. The van der Waals surface area contributed by atoms with Gasteiger partial charge in [-0.2, -0.15) is 5.10 Å². The van der Waals surface area contributed by atoms with Gasteiger partial charge in [0.25, 0.3) is 0 Å². The summed E-state index contributed by atoms with van der Waals surface area (Å²) in [7, 11) is 1.95. The number of ketones is 1. The highest BCUT2D eigenvalue weighted by atomic mass is 32.1. The molecule has 10 heteroatoms. The van der Waals surface area contributed by atoms with Gasteiger partial charge in [0.05, 0.1) is 34.0 Å². The minimum atomic E-state index is 0.0402. The molecular weight excluding hydrogens is 522 g/mol. The second kappa shape index (κ2) is 9.49. The number of amides is 1. The van der Waals surface area contributed by atoms with Crippen LogP contribution < -0.4 is 5.32 Å². The monoisotopic (exact) mass is 547 g/mol. The number of hydrogen-bond acceptors (Lipinski definition) is 7. The average Bonchev–Trinajstić information content (AvgIpc) is 3.65. The molecule has 0 unspecified atom stereocenters. The summed E-state index contributed by atoms with van der Waals surface area (Å²) in [6.45, 7) is 1.57. The van der Waals surface area contributed by atoms with E-state index in [4.69, 9.17) is 4.98 Å². The molecule has 0 aliphatic heterocycles. The average molecular weight is 548 g/mol. The number of thiophene rings is 1. The Bertz CT molecular complexity index is 1950. The molecule has 0 bridgehead atoms. The topological polar surface area (TPSA) is 118 Å². The highest BCUT2D eigenvalue weighted by Gasteiger charge is 2.25. The first-order valence-electron chi connectivity index (χ1n) is 13.1. The van der Waals surface area contributed by atoms with E-state index in [9.17, 15) is 9.59 Å². The van der Waals surface area contributed by atoms with Crippen molar-refractivity contribution in [2.24, 2.45) is 13.0 Å². The van der Waals surface area contributed by atoms with Crippen LogP contribution in [0.25, 0.3) is 55.0 Å². The Morgan fingerprint density at radius 2 is 1.88 bits per heavy atom. The lowest BCUT2D eigenvalue weighted by Gasteiger charge is -2.24. The van der Waals surface area contributed by atoms with Gasteiger partial charge >= 0.3 is 0 Å². The van der Waals surface area contributed by atoms with E-state index >= 15 is 0 Å². The second-order valence-corrected chi connectivity index (χ2v) is 11.3. The van der Waals surface area contributed by atoms with Crippen LogP contribution in [0.1, 0.15) is 35.9 Å². The van der Waals surface area contributed by atoms with Crippen molar-refractivity contribution in [3.63, 3.8) is 0 Å². The predicted octanol–water partition coefficient (Wildman–Crippen LogP) is 6.24. The number of carbonyl (C=O) groups excluding carboxylic acids is 2. The number of aromatic amines is 1. The number of hydrogen-bond donors (Lipinski definition) is 2. The van der Waals surface area contributed by atoms with Gasteiger partial charge in [0, 0.05) is 46.7 Å². The Kier molecular flexibility index (Phi) is 5.78. The van der Waals surface area contributed by atoms with Crippen LogP contribution in [0.3, 0.4) is 0 Å². The number of nitrogens with one attached hydrogen (secondary N) is 2. The summed E-state index contributed by atoms with van der Waals surface area (Å²) in [6.07, 6.45) is 10.1. The molecule has 1 aromatic carbocycles. The summed E-state index contributed by atoms with van der Waals surface area (Å²) >= 11 is 1.44. The van der Waals surface area contributed by atoms with E-state index in [0.29, 0.717) is 16.4 Å². The zero-order valence-electron chi connectivity index (χ0n) is 21.9. The van der Waals surface area contributed by atoms with Gasteiger partial charge in [-0.15, -0.1) is 11.3 Å². The number of H-pyrrole nitrogens is 1. The highest BCUT2D eigenvalue weighted by molar-refractivity contribution is 7.17. The number of Topliss-reactive ketones (excluding diaryl/α,β-unsaturated/α-hetero) is 1. The zero-order valence-corrected chi connectivity index (χ0v) is 22.7. The fraction of sp³-hybridized carbons (Fsp3) is 0.200. The van der Waals surface area contributed by atoms with Crippen molar-refractivity contribution < 1.29 is 9.59 Å². The number of anilines is 1. The van der Waals surface area contributed by atoms with Gasteiger partial charge in [0.1, 0.15) is 11.2 Å². The lowest BCUT2D eigenvalue weighted by Crippen LogP contribution is -2.28. The summed E-state index contributed by atoms with van der Waals surface area (Å²) in [6, 6.07) is 11.8. The highest BCUT2D eigenvalue weighted by Crippen LogP contribution is 2.36. The Balaban J connectivity index is 1.28. The van der Waals surface area contributed by atoms with Gasteiger partial charge in [-0.25, -0.2) is 4.98 Å². The number of aromatic nitrogens is 6. The van der Waals surface area contributed by atoms with Crippen molar-refractivity contribution in [3.05, 3.63) is 66.1 Å². The van der Waals surface area contributed by atoms with E-state index in [0.717, 1.165) is 68.5 Å². The van der Waals surface area contributed by atoms with Crippen LogP contribution in [0.2, 0.25) is 0 Å². The normalized spacial score (nSPS) is 13.6. The van der Waals surface area contributed by atoms with Crippen molar-refractivity contribution in [1.29, 1.82) is 0 Å². The van der Waals surface area contributed by atoms with Crippen molar-refractivity contribution in [1.82, 2.24) is 29.7 Å². The molecule has 198 valence electrons. The molecule has 0 spiro atoms. The van der Waals surface area contributed by atoms with Crippen LogP contribution >= 0.6 is 11.3 Å². The first-order valence-corrected chi connectivity index (χ1v) is 13.9. The van der Waals surface area contributed by atoms with Crippen LogP contribution in [0.4, 0.5) is 5.69 Å². The van der Waals surface area contributed by atoms with Crippen LogP contribution in [0.5, 0.6) is 0 Å². The lowest BCUT2D eigenvalue weighted by atomic mass is 9.85. The molecule has 1 aliphatic rings. The minimum absolute atomic E-state index is 0.0402. The van der Waals surface area contributed by atoms with E-state index in [-0.39, 0.29) is 17.6 Å². The molecule has 1 aliphatic carbocycles. The number of rotatable bonds is 6. The predicted molar refractivity (Wildman–Crippen MR) is 156 cm³/mol. The van der Waals surface area contributed by atoms with Crippen molar-refractivity contribution in [2.45, 2.75) is 26.2 Å². The third-order valence-electron chi connectivity index (χ3n) is 7.60. The maximum absolute atomic E-state index is 12.5. The Labute approximate surface area is 233 Å². The second-order valence-electron chi connectivity index (χ2n) is 10.2. The Hall–Kier alpha value is -4.70. The standard InChI is InChI=1S/C30H25N7O2S/c1-16(38)25-8-9-26(40-25)22-14-32-15-24-27(22)34-29(37(24)2)28-21-11-18(6-7-23(21)35-36-28)19-10-20(13-31-12-19)33-30(39)17-4-3-5-17/h6-15,17H,3-5H2,1-2H3,(H,33,39)(H,35,36). The van der Waals surface area contributed by atoms with Gasteiger partial charge < -0.3 is 9.88 Å². The maximum atomic E-state index is 12.5. The Morgan fingerprint density at radius 1 is 1.02 bits per heavy atom. The fourth-order valence-corrected chi connectivity index (χ4v) is 6.02. The smallest absolute Gasteiger partial charge is 0.227 e. The SMILES string of the molecule is CC(=O)c1ccc(-c2cncc3c2nc(-c2n[nH]c4ccc(-c5cncc(NC(=O)C6CCC6)c5)cc24)n3C)s1. The molecule has 5 aromatic heterocycles. The zero-order chi connectivity index (χ0) is 27.4. The van der Waals surface area contributed by atoms with Gasteiger partial charge in [0.2, 0.25) is 5.91 Å². The molecule has 7 rings (SSSR count). The van der Waals surface area contributed by atoms with Crippen molar-refractivity contribution >= 4 is 50.7 Å². The summed E-state index contributed by atoms with van der Waals surface area (Å²) in [4.78, 5) is 39.8. The van der Waals surface area contributed by atoms with E-state index in [1.165, 1.54) is 11.3 Å². The molecule has 0 saturated heterocycles. The van der Waals surface area contributed by atoms with Gasteiger partial charge in [0.15, 0.2) is 11.6 Å². The molecule has 1 amide bonds. The molecule has 40 heavy (non-hydrogen) atoms. The molecule has 6 aromatic rings. The van der Waals surface area contributed by atoms with E-state index in [2.05, 4.69) is 31.5 Å².